The summed E-state index contributed by atoms with van der Waals surface area (Å²) in [7, 11) is 0. The first-order valence-corrected chi connectivity index (χ1v) is 15.9. The fourth-order valence-corrected chi connectivity index (χ4v) is 6.86. The molecule has 5 nitrogen and oxygen atoms in total. The Morgan fingerprint density at radius 3 is 1.90 bits per heavy atom. The van der Waals surface area contributed by atoms with Crippen LogP contribution < -0.4 is 0 Å². The summed E-state index contributed by atoms with van der Waals surface area (Å²) in [6.45, 7) is 0. The zero-order chi connectivity index (χ0) is 31.6. The van der Waals surface area contributed by atoms with Crippen molar-refractivity contribution in [2.75, 3.05) is 0 Å². The zero-order valence-electron chi connectivity index (χ0n) is 25.6. The van der Waals surface area contributed by atoms with Crippen LogP contribution in [0.3, 0.4) is 0 Å². The van der Waals surface area contributed by atoms with E-state index >= 15 is 0 Å². The molecule has 0 spiro atoms. The van der Waals surface area contributed by atoms with E-state index in [4.69, 9.17) is 23.8 Å². The summed E-state index contributed by atoms with van der Waals surface area (Å²) in [5, 5.41) is 6.58. The van der Waals surface area contributed by atoms with Crippen LogP contribution in [0, 0.1) is 0 Å². The Morgan fingerprint density at radius 1 is 0.333 bits per heavy atom. The Hall–Kier alpha value is -6.59. The minimum atomic E-state index is 0.572. The second-order valence-electron chi connectivity index (χ2n) is 12.0. The van der Waals surface area contributed by atoms with Crippen molar-refractivity contribution in [3.8, 4) is 45.3 Å². The van der Waals surface area contributed by atoms with Gasteiger partial charge in [-0.3, -0.25) is 0 Å². The Bertz CT molecular complexity index is 2840. The molecule has 0 fully saturated rings. The first kappa shape index (κ1) is 26.6. The molecule has 7 aromatic carbocycles. The molecule has 10 aromatic rings. The Balaban J connectivity index is 1.14. The second-order valence-corrected chi connectivity index (χ2v) is 12.0. The summed E-state index contributed by atoms with van der Waals surface area (Å²) < 4.78 is 12.6. The predicted molar refractivity (Wildman–Crippen MR) is 194 cm³/mol. The molecule has 10 rings (SSSR count). The minimum Gasteiger partial charge on any atom is -0.456 e. The molecular formula is C43H25N3O2. The van der Waals surface area contributed by atoms with E-state index in [1.807, 2.05) is 72.8 Å². The first-order chi connectivity index (χ1) is 23.8. The topological polar surface area (TPSA) is 65.0 Å². The van der Waals surface area contributed by atoms with Crippen molar-refractivity contribution in [2.45, 2.75) is 0 Å². The van der Waals surface area contributed by atoms with Gasteiger partial charge in [0.25, 0.3) is 0 Å². The highest BCUT2D eigenvalue weighted by Gasteiger charge is 2.19. The number of hydrogen-bond acceptors (Lipinski definition) is 5. The van der Waals surface area contributed by atoms with Crippen molar-refractivity contribution < 1.29 is 8.83 Å². The first-order valence-electron chi connectivity index (χ1n) is 15.9. The smallest absolute Gasteiger partial charge is 0.164 e. The molecule has 5 heteroatoms. The van der Waals surface area contributed by atoms with Crippen molar-refractivity contribution in [3.05, 3.63) is 152 Å². The maximum atomic E-state index is 6.43. The van der Waals surface area contributed by atoms with E-state index in [-0.39, 0.29) is 0 Å². The van der Waals surface area contributed by atoms with Crippen LogP contribution in [-0.4, -0.2) is 15.0 Å². The number of para-hydroxylation sites is 1. The number of hydrogen-bond donors (Lipinski definition) is 0. The van der Waals surface area contributed by atoms with Gasteiger partial charge < -0.3 is 8.83 Å². The summed E-state index contributed by atoms with van der Waals surface area (Å²) in [6.07, 6.45) is 0. The van der Waals surface area contributed by atoms with Crippen molar-refractivity contribution in [3.63, 3.8) is 0 Å². The molecule has 0 saturated carbocycles. The lowest BCUT2D eigenvalue weighted by Gasteiger charge is -2.09. The van der Waals surface area contributed by atoms with E-state index in [2.05, 4.69) is 78.9 Å². The standard InChI is InChI=1S/C43H25N3O2/c1-2-11-27(12-3-1)41-44-42(46-43(45-41)34-17-9-19-38-40(34)33-15-6-7-18-36(33)47-38)29-20-22-32-35-24-28(21-23-37(35)48-39(32)25-29)31-16-8-13-26-10-4-5-14-30(26)31/h1-25H. The van der Waals surface area contributed by atoms with Crippen LogP contribution in [0.15, 0.2) is 160 Å². The van der Waals surface area contributed by atoms with Gasteiger partial charge in [-0.25, -0.2) is 15.0 Å². The average Bonchev–Trinajstić information content (AvgIpc) is 3.72. The molecule has 0 unspecified atom stereocenters. The van der Waals surface area contributed by atoms with Crippen LogP contribution in [0.2, 0.25) is 0 Å². The van der Waals surface area contributed by atoms with Crippen LogP contribution in [0.4, 0.5) is 0 Å². The molecule has 0 aliphatic rings. The van der Waals surface area contributed by atoms with Crippen LogP contribution in [0.5, 0.6) is 0 Å². The number of fused-ring (bicyclic) bond motifs is 7. The lowest BCUT2D eigenvalue weighted by Crippen LogP contribution is -2.00. The van der Waals surface area contributed by atoms with Gasteiger partial charge >= 0.3 is 0 Å². The highest BCUT2D eigenvalue weighted by molar-refractivity contribution is 6.12. The van der Waals surface area contributed by atoms with E-state index in [9.17, 15) is 0 Å². The molecule has 0 amide bonds. The Labute approximate surface area is 274 Å². The molecule has 0 aliphatic carbocycles. The number of nitrogens with zero attached hydrogens (tertiary/aromatic N) is 3. The molecule has 0 atom stereocenters. The van der Waals surface area contributed by atoms with Gasteiger partial charge in [0, 0.05) is 38.2 Å². The van der Waals surface area contributed by atoms with Crippen LogP contribution in [0.25, 0.3) is 99.9 Å². The monoisotopic (exact) mass is 615 g/mol. The molecule has 0 saturated heterocycles. The van der Waals surface area contributed by atoms with Crippen molar-refractivity contribution in [1.29, 1.82) is 0 Å². The highest BCUT2D eigenvalue weighted by Crippen LogP contribution is 2.38. The molecular weight excluding hydrogens is 590 g/mol. The van der Waals surface area contributed by atoms with Gasteiger partial charge in [0.2, 0.25) is 0 Å². The Morgan fingerprint density at radius 2 is 0.979 bits per heavy atom. The fraction of sp³-hybridized carbons (Fsp3) is 0. The van der Waals surface area contributed by atoms with Gasteiger partial charge in [0.05, 0.1) is 0 Å². The van der Waals surface area contributed by atoms with Gasteiger partial charge in [0.1, 0.15) is 22.3 Å². The van der Waals surface area contributed by atoms with Gasteiger partial charge in [-0.1, -0.05) is 115 Å². The highest BCUT2D eigenvalue weighted by atomic mass is 16.3. The van der Waals surface area contributed by atoms with E-state index in [1.54, 1.807) is 0 Å². The third-order valence-electron chi connectivity index (χ3n) is 9.14. The molecule has 0 N–H and O–H groups in total. The van der Waals surface area contributed by atoms with Gasteiger partial charge in [-0.05, 0) is 58.3 Å². The molecule has 0 radical (unpaired) electrons. The molecule has 0 aliphatic heterocycles. The zero-order valence-corrected chi connectivity index (χ0v) is 25.6. The maximum Gasteiger partial charge on any atom is 0.164 e. The van der Waals surface area contributed by atoms with Crippen LogP contribution in [-0.2, 0) is 0 Å². The summed E-state index contributed by atoms with van der Waals surface area (Å²) in [5.41, 5.74) is 8.26. The summed E-state index contributed by atoms with van der Waals surface area (Å²) in [4.78, 5) is 15.1. The third kappa shape index (κ3) is 4.22. The lowest BCUT2D eigenvalue weighted by atomic mass is 9.97. The summed E-state index contributed by atoms with van der Waals surface area (Å²) in [6, 6.07) is 51.7. The number of benzene rings is 7. The average molecular weight is 616 g/mol. The van der Waals surface area contributed by atoms with Crippen LogP contribution in [0.1, 0.15) is 0 Å². The lowest BCUT2D eigenvalue weighted by molar-refractivity contribution is 0.668. The summed E-state index contributed by atoms with van der Waals surface area (Å²) in [5.74, 6) is 1.76. The van der Waals surface area contributed by atoms with Crippen molar-refractivity contribution in [2.24, 2.45) is 0 Å². The van der Waals surface area contributed by atoms with Gasteiger partial charge in [-0.15, -0.1) is 0 Å². The fourth-order valence-electron chi connectivity index (χ4n) is 6.86. The van der Waals surface area contributed by atoms with E-state index in [1.165, 1.54) is 16.3 Å². The molecule has 3 heterocycles. The number of furan rings is 2. The minimum absolute atomic E-state index is 0.572. The van der Waals surface area contributed by atoms with Crippen LogP contribution >= 0.6 is 0 Å². The second kappa shape index (κ2) is 10.5. The Kier molecular flexibility index (Phi) is 5.81. The molecule has 224 valence electrons. The largest absolute Gasteiger partial charge is 0.456 e. The van der Waals surface area contributed by atoms with Gasteiger partial charge in [-0.2, -0.15) is 0 Å². The van der Waals surface area contributed by atoms with Crippen molar-refractivity contribution >= 4 is 54.6 Å². The normalized spacial score (nSPS) is 11.8. The molecule has 3 aromatic heterocycles. The van der Waals surface area contributed by atoms with Gasteiger partial charge in [0.15, 0.2) is 17.5 Å². The maximum absolute atomic E-state index is 6.43. The SMILES string of the molecule is c1ccc(-c2nc(-c3ccc4c(c3)oc3ccc(-c5cccc6ccccc56)cc34)nc(-c3cccc4oc5ccccc5c34)n2)cc1. The molecule has 0 bridgehead atoms. The predicted octanol–water partition coefficient (Wildman–Crippen LogP) is 11.5. The third-order valence-corrected chi connectivity index (χ3v) is 9.14. The number of aromatic nitrogens is 3. The van der Waals surface area contributed by atoms with E-state index in [0.29, 0.717) is 17.5 Å². The van der Waals surface area contributed by atoms with E-state index in [0.717, 1.165) is 66.1 Å². The van der Waals surface area contributed by atoms with E-state index < -0.39 is 0 Å². The quantitative estimate of drug-likeness (QED) is 0.197. The van der Waals surface area contributed by atoms with Crippen molar-refractivity contribution in [1.82, 2.24) is 15.0 Å². The summed E-state index contributed by atoms with van der Waals surface area (Å²) >= 11 is 0. The molecule has 48 heavy (non-hydrogen) atoms. The number of rotatable bonds is 4.